The highest BCUT2D eigenvalue weighted by Crippen LogP contribution is 2.30. The number of nitrogens with one attached hydrogen (secondary N) is 1. The normalized spacial score (nSPS) is 11.1. The predicted molar refractivity (Wildman–Crippen MR) is 115 cm³/mol. The van der Waals surface area contributed by atoms with E-state index in [-0.39, 0.29) is 5.91 Å². The highest BCUT2D eigenvalue weighted by Gasteiger charge is 2.15. The lowest BCUT2D eigenvalue weighted by Gasteiger charge is -2.06. The summed E-state index contributed by atoms with van der Waals surface area (Å²) in [5.41, 5.74) is 4.65. The first-order valence-corrected chi connectivity index (χ1v) is 9.38. The molecule has 0 saturated heterocycles. The highest BCUT2D eigenvalue weighted by molar-refractivity contribution is 5.98. The van der Waals surface area contributed by atoms with Gasteiger partial charge >= 0.3 is 0 Å². The van der Waals surface area contributed by atoms with Crippen LogP contribution in [0, 0.1) is 0 Å². The summed E-state index contributed by atoms with van der Waals surface area (Å²) in [6.07, 6.45) is 4.51. The number of nitrogens with zero attached hydrogens (tertiary/aromatic N) is 4. The van der Waals surface area contributed by atoms with Crippen molar-refractivity contribution in [2.45, 2.75) is 6.54 Å². The van der Waals surface area contributed by atoms with Crippen LogP contribution in [-0.2, 0) is 11.3 Å². The fourth-order valence-corrected chi connectivity index (χ4v) is 3.36. The van der Waals surface area contributed by atoms with E-state index >= 15 is 0 Å². The van der Waals surface area contributed by atoms with Crippen molar-refractivity contribution in [2.75, 3.05) is 5.32 Å². The fraction of sp³-hybridized carbons (Fsp3) is 0.0435. The number of imidazole rings is 1. The third kappa shape index (κ3) is 3.22. The molecule has 7 nitrogen and oxygen atoms in total. The molecule has 1 amide bonds. The second-order valence-corrected chi connectivity index (χ2v) is 6.81. The minimum absolute atomic E-state index is 0.238. The van der Waals surface area contributed by atoms with Crippen LogP contribution in [0.1, 0.15) is 5.56 Å². The van der Waals surface area contributed by atoms with Gasteiger partial charge in [0.05, 0.1) is 12.9 Å². The zero-order valence-corrected chi connectivity index (χ0v) is 15.9. The Bertz CT molecular complexity index is 1350. The summed E-state index contributed by atoms with van der Waals surface area (Å²) >= 11 is 0. The molecule has 0 fully saturated rings. The average molecular weight is 395 g/mol. The van der Waals surface area contributed by atoms with Crippen LogP contribution < -0.4 is 5.32 Å². The van der Waals surface area contributed by atoms with Crippen molar-refractivity contribution < 1.29 is 9.21 Å². The molecule has 0 bridgehead atoms. The molecule has 0 aliphatic rings. The van der Waals surface area contributed by atoms with Crippen LogP contribution >= 0.6 is 0 Å². The maximum atomic E-state index is 11.4. The molecular weight excluding hydrogens is 378 g/mol. The minimum Gasteiger partial charge on any atom is -0.454 e. The van der Waals surface area contributed by atoms with Gasteiger partial charge < -0.3 is 14.3 Å². The van der Waals surface area contributed by atoms with Crippen molar-refractivity contribution in [1.82, 2.24) is 19.5 Å². The van der Waals surface area contributed by atoms with Crippen molar-refractivity contribution in [3.05, 3.63) is 85.5 Å². The third-order valence-corrected chi connectivity index (χ3v) is 4.82. The molecule has 30 heavy (non-hydrogen) atoms. The molecule has 0 atom stereocenters. The topological polar surface area (TPSA) is 85.8 Å². The first kappa shape index (κ1) is 17.8. The first-order chi connectivity index (χ1) is 14.7. The number of carbonyl (C=O) groups is 1. The molecule has 146 valence electrons. The number of para-hydroxylation sites is 1. The van der Waals surface area contributed by atoms with Gasteiger partial charge in [-0.2, -0.15) is 0 Å². The molecule has 2 aromatic carbocycles. The number of amides is 1. The number of aromatic nitrogens is 4. The van der Waals surface area contributed by atoms with Gasteiger partial charge in [0.2, 0.25) is 5.91 Å². The largest absolute Gasteiger partial charge is 0.454 e. The van der Waals surface area contributed by atoms with Crippen LogP contribution in [0.5, 0.6) is 0 Å². The van der Waals surface area contributed by atoms with Crippen molar-refractivity contribution in [2.24, 2.45) is 0 Å². The van der Waals surface area contributed by atoms with Gasteiger partial charge in [-0.1, -0.05) is 36.9 Å². The molecule has 0 spiro atoms. The zero-order valence-electron chi connectivity index (χ0n) is 15.9. The average Bonchev–Trinajstić information content (AvgIpc) is 3.39. The van der Waals surface area contributed by atoms with Crippen LogP contribution in [0.15, 0.2) is 84.3 Å². The van der Waals surface area contributed by atoms with Gasteiger partial charge in [-0.15, -0.1) is 0 Å². The van der Waals surface area contributed by atoms with E-state index in [0.29, 0.717) is 29.2 Å². The van der Waals surface area contributed by atoms with E-state index in [4.69, 9.17) is 4.42 Å². The van der Waals surface area contributed by atoms with Gasteiger partial charge in [0.15, 0.2) is 11.4 Å². The van der Waals surface area contributed by atoms with Gasteiger partial charge in [0.25, 0.3) is 0 Å². The van der Waals surface area contributed by atoms with Crippen molar-refractivity contribution in [3.8, 4) is 11.5 Å². The summed E-state index contributed by atoms with van der Waals surface area (Å²) in [6.45, 7) is 4.04. The lowest BCUT2D eigenvalue weighted by atomic mass is 10.2. The molecule has 0 radical (unpaired) electrons. The smallest absolute Gasteiger partial charge is 0.247 e. The second-order valence-electron chi connectivity index (χ2n) is 6.81. The molecule has 5 aromatic rings. The SMILES string of the molecule is C=CC(=O)Nc1ccc(Cn2cnc3c(-c4cc5ccccc5o4)ncnc32)cc1. The maximum absolute atomic E-state index is 11.4. The monoisotopic (exact) mass is 395 g/mol. The molecular formula is C23H17N5O2. The first-order valence-electron chi connectivity index (χ1n) is 9.38. The van der Waals surface area contributed by atoms with Gasteiger partial charge in [-0.25, -0.2) is 15.0 Å². The van der Waals surface area contributed by atoms with Crippen LogP contribution in [0.3, 0.4) is 0 Å². The molecule has 1 N–H and O–H groups in total. The molecule has 0 aliphatic heterocycles. The van der Waals surface area contributed by atoms with Crippen LogP contribution in [0.25, 0.3) is 33.6 Å². The molecule has 0 saturated carbocycles. The van der Waals surface area contributed by atoms with Gasteiger partial charge in [0, 0.05) is 11.1 Å². The Hall–Kier alpha value is -4.26. The van der Waals surface area contributed by atoms with Gasteiger partial charge in [0.1, 0.15) is 23.1 Å². The van der Waals surface area contributed by atoms with Gasteiger partial charge in [-0.05, 0) is 35.9 Å². The Kier molecular flexibility index (Phi) is 4.33. The fourth-order valence-electron chi connectivity index (χ4n) is 3.36. The number of fused-ring (bicyclic) bond motifs is 2. The molecule has 5 rings (SSSR count). The molecule has 3 heterocycles. The summed E-state index contributed by atoms with van der Waals surface area (Å²) in [4.78, 5) is 24.8. The number of hydrogen-bond acceptors (Lipinski definition) is 5. The van der Waals surface area contributed by atoms with E-state index in [0.717, 1.165) is 22.2 Å². The summed E-state index contributed by atoms with van der Waals surface area (Å²) in [7, 11) is 0. The Morgan fingerprint density at radius 3 is 2.73 bits per heavy atom. The summed E-state index contributed by atoms with van der Waals surface area (Å²) in [5.74, 6) is 0.425. The van der Waals surface area contributed by atoms with E-state index < -0.39 is 0 Å². The van der Waals surface area contributed by atoms with E-state index in [2.05, 4.69) is 26.8 Å². The van der Waals surface area contributed by atoms with Crippen LogP contribution in [0.2, 0.25) is 0 Å². The maximum Gasteiger partial charge on any atom is 0.247 e. The highest BCUT2D eigenvalue weighted by atomic mass is 16.3. The van der Waals surface area contributed by atoms with E-state index in [1.54, 1.807) is 6.33 Å². The number of carbonyl (C=O) groups excluding carboxylic acids is 1. The molecule has 0 unspecified atom stereocenters. The summed E-state index contributed by atoms with van der Waals surface area (Å²) < 4.78 is 7.92. The zero-order chi connectivity index (χ0) is 20.5. The summed E-state index contributed by atoms with van der Waals surface area (Å²) in [5, 5.41) is 3.75. The van der Waals surface area contributed by atoms with E-state index in [1.165, 1.54) is 12.4 Å². The van der Waals surface area contributed by atoms with Gasteiger partial charge in [-0.3, -0.25) is 4.79 Å². The van der Waals surface area contributed by atoms with Crippen LogP contribution in [-0.4, -0.2) is 25.4 Å². The van der Waals surface area contributed by atoms with Crippen molar-refractivity contribution in [3.63, 3.8) is 0 Å². The molecule has 7 heteroatoms. The lowest BCUT2D eigenvalue weighted by Crippen LogP contribution is -2.07. The number of rotatable bonds is 5. The van der Waals surface area contributed by atoms with Crippen LogP contribution in [0.4, 0.5) is 5.69 Å². The van der Waals surface area contributed by atoms with Crippen molar-refractivity contribution >= 4 is 33.7 Å². The number of furan rings is 1. The minimum atomic E-state index is -0.238. The Morgan fingerprint density at radius 2 is 1.93 bits per heavy atom. The third-order valence-electron chi connectivity index (χ3n) is 4.82. The van der Waals surface area contributed by atoms with E-state index in [9.17, 15) is 4.79 Å². The Morgan fingerprint density at radius 1 is 1.10 bits per heavy atom. The van der Waals surface area contributed by atoms with E-state index in [1.807, 2.05) is 59.2 Å². The number of hydrogen-bond donors (Lipinski definition) is 1. The Labute approximate surface area is 171 Å². The standard InChI is InChI=1S/C23H17N5O2/c1-2-20(29)27-17-9-7-15(8-10-17)12-28-14-26-22-21(24-13-25-23(22)28)19-11-16-5-3-4-6-18(16)30-19/h2-11,13-14H,1,12H2,(H,27,29). The lowest BCUT2D eigenvalue weighted by molar-refractivity contribution is -0.111. The second kappa shape index (κ2) is 7.29. The summed E-state index contributed by atoms with van der Waals surface area (Å²) in [6, 6.07) is 17.4. The molecule has 0 aliphatic carbocycles. The number of benzene rings is 2. The van der Waals surface area contributed by atoms with Crippen molar-refractivity contribution in [1.29, 1.82) is 0 Å². The number of anilines is 1. The quantitative estimate of drug-likeness (QED) is 0.446. The molecule has 3 aromatic heterocycles. The Balaban J connectivity index is 1.46. The predicted octanol–water partition coefficient (Wildman–Crippen LogP) is 4.41.